The van der Waals surface area contributed by atoms with E-state index >= 15 is 0 Å². The molecular weight excluding hydrogens is 472 g/mol. The van der Waals surface area contributed by atoms with Crippen LogP contribution in [0.2, 0.25) is 0 Å². The van der Waals surface area contributed by atoms with E-state index in [9.17, 15) is 23.2 Å². The van der Waals surface area contributed by atoms with Crippen LogP contribution in [0.25, 0.3) is 0 Å². The Hall–Kier alpha value is -3.95. The summed E-state index contributed by atoms with van der Waals surface area (Å²) in [5, 5.41) is 4.12. The summed E-state index contributed by atoms with van der Waals surface area (Å²) in [7, 11) is 1.27. The van der Waals surface area contributed by atoms with Gasteiger partial charge in [-0.3, -0.25) is 14.6 Å². The molecule has 188 valence electrons. The lowest BCUT2D eigenvalue weighted by Gasteiger charge is -2.21. The number of para-hydroxylation sites is 1. The molecule has 1 aliphatic carbocycles. The summed E-state index contributed by atoms with van der Waals surface area (Å²) in [6.45, 7) is 0. The summed E-state index contributed by atoms with van der Waals surface area (Å²) in [6, 6.07) is 6.56. The molecule has 2 heterocycles. The number of hydrogen-bond acceptors (Lipinski definition) is 7. The van der Waals surface area contributed by atoms with Gasteiger partial charge in [0.25, 0.3) is 5.56 Å². The van der Waals surface area contributed by atoms with Gasteiger partial charge in [-0.15, -0.1) is 0 Å². The van der Waals surface area contributed by atoms with Crippen molar-refractivity contribution in [1.29, 1.82) is 0 Å². The van der Waals surface area contributed by atoms with Gasteiger partial charge in [-0.05, 0) is 36.6 Å². The van der Waals surface area contributed by atoms with Crippen molar-refractivity contribution in [2.75, 3.05) is 7.11 Å². The molecule has 2 aromatic heterocycles. The number of carbonyl (C=O) groups excluding carboxylic acids is 2. The number of benzene rings is 1. The molecule has 0 spiro atoms. The largest absolute Gasteiger partial charge is 0.465 e. The maximum Gasteiger partial charge on any atom is 0.339 e. The van der Waals surface area contributed by atoms with Crippen LogP contribution < -0.4 is 10.3 Å². The molecule has 0 bridgehead atoms. The van der Waals surface area contributed by atoms with Crippen LogP contribution in [-0.4, -0.2) is 33.6 Å². The molecule has 4 rings (SSSR count). The maximum atomic E-state index is 13.9. The first-order valence-corrected chi connectivity index (χ1v) is 11.6. The van der Waals surface area contributed by atoms with Crippen molar-refractivity contribution >= 4 is 11.8 Å². The number of ether oxygens (including phenoxy) is 2. The van der Waals surface area contributed by atoms with Crippen LogP contribution in [-0.2, 0) is 16.0 Å². The summed E-state index contributed by atoms with van der Waals surface area (Å²) in [4.78, 5) is 42.1. The normalized spacial score (nSPS) is 14.4. The monoisotopic (exact) mass is 497 g/mol. The minimum absolute atomic E-state index is 0.0638. The van der Waals surface area contributed by atoms with Crippen molar-refractivity contribution in [3.05, 3.63) is 82.0 Å². The fourth-order valence-corrected chi connectivity index (χ4v) is 4.38. The summed E-state index contributed by atoms with van der Waals surface area (Å²) in [5.41, 5.74) is 0.0673. The number of esters is 1. The number of aromatic nitrogens is 3. The van der Waals surface area contributed by atoms with Crippen molar-refractivity contribution in [3.8, 4) is 11.5 Å². The van der Waals surface area contributed by atoms with Gasteiger partial charge < -0.3 is 9.47 Å². The third kappa shape index (κ3) is 5.81. The van der Waals surface area contributed by atoms with Gasteiger partial charge in [-0.2, -0.15) is 5.10 Å². The smallest absolute Gasteiger partial charge is 0.339 e. The van der Waals surface area contributed by atoms with Crippen molar-refractivity contribution in [2.24, 2.45) is 5.92 Å². The van der Waals surface area contributed by atoms with Gasteiger partial charge in [-0.1, -0.05) is 31.7 Å². The molecule has 1 aromatic carbocycles. The second-order valence-corrected chi connectivity index (χ2v) is 8.70. The van der Waals surface area contributed by atoms with E-state index in [2.05, 4.69) is 14.8 Å². The van der Waals surface area contributed by atoms with Crippen molar-refractivity contribution in [2.45, 2.75) is 44.6 Å². The standard InChI is InChI=1S/C26H25F2N3O5/c1-35-26(34)17-9-10-18(29-14-17)12-23(32)22(11-16-5-2-3-6-16)31-24(33)13-19(15-30-31)36-25-20(27)7-4-8-21(25)28/h4,7-10,13-16,22H,2-3,5-6,11-12H2,1H3/t22-/m1/s1. The first-order valence-electron chi connectivity index (χ1n) is 11.6. The van der Waals surface area contributed by atoms with Crippen LogP contribution in [0.1, 0.15) is 54.2 Å². The third-order valence-corrected chi connectivity index (χ3v) is 6.24. The first-order chi connectivity index (χ1) is 17.4. The molecular formula is C26H25F2N3O5. The van der Waals surface area contributed by atoms with Crippen LogP contribution >= 0.6 is 0 Å². The van der Waals surface area contributed by atoms with E-state index in [4.69, 9.17) is 4.74 Å². The summed E-state index contributed by atoms with van der Waals surface area (Å²) in [5.74, 6) is -3.15. The molecule has 0 aliphatic heterocycles. The fourth-order valence-electron chi connectivity index (χ4n) is 4.38. The zero-order chi connectivity index (χ0) is 25.7. The number of Topliss-reactive ketones (excluding diaryl/α,β-unsaturated/α-hetero) is 1. The number of halogens is 2. The Bertz CT molecular complexity index is 1280. The van der Waals surface area contributed by atoms with E-state index in [0.29, 0.717) is 12.1 Å². The van der Waals surface area contributed by atoms with Crippen LogP contribution in [0.4, 0.5) is 8.78 Å². The molecule has 8 nitrogen and oxygen atoms in total. The Balaban J connectivity index is 1.57. The molecule has 0 saturated heterocycles. The molecule has 1 saturated carbocycles. The van der Waals surface area contributed by atoms with E-state index in [-0.39, 0.29) is 29.4 Å². The first kappa shape index (κ1) is 25.2. The maximum absolute atomic E-state index is 13.9. The lowest BCUT2D eigenvalue weighted by molar-refractivity contribution is -0.122. The number of pyridine rings is 1. The Labute approximate surface area is 205 Å². The third-order valence-electron chi connectivity index (χ3n) is 6.24. The van der Waals surface area contributed by atoms with Gasteiger partial charge in [0.1, 0.15) is 6.04 Å². The minimum atomic E-state index is -0.917. The Morgan fingerprint density at radius 3 is 2.44 bits per heavy atom. The van der Waals surface area contributed by atoms with Gasteiger partial charge in [0.15, 0.2) is 28.9 Å². The van der Waals surface area contributed by atoms with E-state index in [0.717, 1.165) is 54.8 Å². The topological polar surface area (TPSA) is 100 Å². The molecule has 1 fully saturated rings. The average Bonchev–Trinajstić information content (AvgIpc) is 3.38. The average molecular weight is 497 g/mol. The molecule has 3 aromatic rings. The number of carbonyl (C=O) groups is 2. The van der Waals surface area contributed by atoms with Gasteiger partial charge in [-0.25, -0.2) is 18.3 Å². The number of ketones is 1. The Kier molecular flexibility index (Phi) is 7.82. The van der Waals surface area contributed by atoms with Crippen molar-refractivity contribution < 1.29 is 27.8 Å². The highest BCUT2D eigenvalue weighted by atomic mass is 19.1. The quantitative estimate of drug-likeness (QED) is 0.403. The fraction of sp³-hybridized carbons (Fsp3) is 0.346. The molecule has 0 radical (unpaired) electrons. The van der Waals surface area contributed by atoms with Gasteiger partial charge in [0, 0.05) is 18.0 Å². The predicted molar refractivity (Wildman–Crippen MR) is 125 cm³/mol. The Morgan fingerprint density at radius 2 is 1.83 bits per heavy atom. The lowest BCUT2D eigenvalue weighted by Crippen LogP contribution is -2.33. The minimum Gasteiger partial charge on any atom is -0.465 e. The molecule has 0 unspecified atom stereocenters. The molecule has 0 amide bonds. The summed E-state index contributed by atoms with van der Waals surface area (Å²) < 4.78 is 38.8. The zero-order valence-electron chi connectivity index (χ0n) is 19.7. The number of hydrogen-bond donors (Lipinski definition) is 0. The van der Waals surface area contributed by atoms with E-state index in [1.807, 2.05) is 0 Å². The second-order valence-electron chi connectivity index (χ2n) is 8.70. The number of methoxy groups -OCH3 is 1. The molecule has 10 heteroatoms. The lowest BCUT2D eigenvalue weighted by atomic mass is 9.94. The highest BCUT2D eigenvalue weighted by Crippen LogP contribution is 2.32. The van der Waals surface area contributed by atoms with Gasteiger partial charge >= 0.3 is 5.97 Å². The van der Waals surface area contributed by atoms with Crippen LogP contribution in [0.5, 0.6) is 11.5 Å². The number of rotatable bonds is 9. The predicted octanol–water partition coefficient (Wildman–Crippen LogP) is 4.43. The highest BCUT2D eigenvalue weighted by molar-refractivity contribution is 5.89. The van der Waals surface area contributed by atoms with Crippen molar-refractivity contribution in [1.82, 2.24) is 14.8 Å². The number of nitrogens with zero attached hydrogens (tertiary/aromatic N) is 3. The highest BCUT2D eigenvalue weighted by Gasteiger charge is 2.29. The molecule has 1 atom stereocenters. The SMILES string of the molecule is COC(=O)c1ccc(CC(=O)[C@@H](CC2CCCC2)n2ncc(Oc3c(F)cccc3F)cc2=O)nc1. The molecule has 36 heavy (non-hydrogen) atoms. The van der Waals surface area contributed by atoms with Crippen LogP contribution in [0.15, 0.2) is 53.6 Å². The van der Waals surface area contributed by atoms with Gasteiger partial charge in [0.2, 0.25) is 0 Å². The van der Waals surface area contributed by atoms with E-state index in [1.165, 1.54) is 25.4 Å². The van der Waals surface area contributed by atoms with E-state index < -0.39 is 35.0 Å². The summed E-state index contributed by atoms with van der Waals surface area (Å²) in [6.07, 6.45) is 6.90. The van der Waals surface area contributed by atoms with E-state index in [1.54, 1.807) is 6.07 Å². The zero-order valence-corrected chi connectivity index (χ0v) is 19.7. The second kappa shape index (κ2) is 11.2. The Morgan fingerprint density at radius 1 is 1.11 bits per heavy atom. The molecule has 0 N–H and O–H groups in total. The van der Waals surface area contributed by atoms with Crippen LogP contribution in [0, 0.1) is 17.6 Å². The van der Waals surface area contributed by atoms with Crippen LogP contribution in [0.3, 0.4) is 0 Å². The van der Waals surface area contributed by atoms with Gasteiger partial charge in [0.05, 0.1) is 25.3 Å². The summed E-state index contributed by atoms with van der Waals surface area (Å²) >= 11 is 0. The molecule has 1 aliphatic rings. The van der Waals surface area contributed by atoms with Crippen molar-refractivity contribution in [3.63, 3.8) is 0 Å².